The summed E-state index contributed by atoms with van der Waals surface area (Å²) < 4.78 is 20.9. The second-order valence-electron chi connectivity index (χ2n) is 1.55. The maximum absolute atomic E-state index is 10.4. The quantitative estimate of drug-likeness (QED) is 0.394. The van der Waals surface area contributed by atoms with Crippen molar-refractivity contribution in [3.8, 4) is 0 Å². The Morgan fingerprint density at radius 3 is 1.71 bits per heavy atom. The van der Waals surface area contributed by atoms with Crippen LogP contribution in [-0.2, 0) is 7.67 Å². The fourth-order valence-electron chi connectivity index (χ4n) is 0.497. The van der Waals surface area contributed by atoms with Crippen molar-refractivity contribution in [2.75, 3.05) is 0 Å². The van der Waals surface area contributed by atoms with Crippen LogP contribution in [0.4, 0.5) is 0 Å². The number of rotatable bonds is 0. The number of allylic oxidation sites excluding steroid dienone is 2. The molecule has 0 aromatic rings. The van der Waals surface area contributed by atoms with Crippen LogP contribution in [0.2, 0.25) is 10.6 Å². The van der Waals surface area contributed by atoms with E-state index in [2.05, 4.69) is 0 Å². The van der Waals surface area contributed by atoms with Gasteiger partial charge in [0.25, 0.3) is 0 Å². The van der Waals surface area contributed by atoms with Gasteiger partial charge in [0.15, 0.2) is 0 Å². The molecule has 1 heterocycles. The molecule has 0 aromatic carbocycles. The second kappa shape index (κ2) is 1.42. The Morgan fingerprint density at radius 2 is 1.57 bits per heavy atom. The predicted octanol–water partition coefficient (Wildman–Crippen LogP) is 0.859. The molecule has 0 fully saturated rings. The number of hydrogen-bond acceptors (Lipinski definition) is 2. The van der Waals surface area contributed by atoms with Crippen molar-refractivity contribution in [3.05, 3.63) is 12.2 Å². The summed E-state index contributed by atoms with van der Waals surface area (Å²) in [5.41, 5.74) is 0. The zero-order valence-electron chi connectivity index (χ0n) is 3.79. The van der Waals surface area contributed by atoms with E-state index in [4.69, 9.17) is 0 Å². The molecule has 0 radical (unpaired) electrons. The van der Waals surface area contributed by atoms with Crippen LogP contribution < -0.4 is 0 Å². The summed E-state index contributed by atoms with van der Waals surface area (Å²) in [6.07, 6.45) is 3.42. The Hall–Kier alpha value is -0.141. The minimum atomic E-state index is -3.31. The molecule has 0 N–H and O–H groups in total. The van der Waals surface area contributed by atoms with Gasteiger partial charge in [-0.3, -0.25) is 0 Å². The van der Waals surface area contributed by atoms with E-state index in [0.717, 1.165) is 0 Å². The molecular weight excluding hydrogens is 159 g/mol. The molecule has 40 valence electrons. The van der Waals surface area contributed by atoms with Crippen LogP contribution in [0.25, 0.3) is 0 Å². The van der Waals surface area contributed by atoms with Crippen molar-refractivity contribution < 1.29 is 7.67 Å². The summed E-state index contributed by atoms with van der Waals surface area (Å²) in [7, 11) is 0. The number of hydrogen-bond donors (Lipinski definition) is 0. The van der Waals surface area contributed by atoms with E-state index in [1.807, 2.05) is 0 Å². The molecule has 1 aliphatic heterocycles. The molecule has 0 saturated heterocycles. The Morgan fingerprint density at radius 1 is 1.14 bits per heavy atom. The topological polar surface area (TPSA) is 34.1 Å². The maximum atomic E-state index is 10.4. The summed E-state index contributed by atoms with van der Waals surface area (Å²) in [6.45, 7) is 0. The first-order valence-electron chi connectivity index (χ1n) is 2.06. The van der Waals surface area contributed by atoms with Gasteiger partial charge in [-0.25, -0.2) is 0 Å². The van der Waals surface area contributed by atoms with Crippen LogP contribution in [0.1, 0.15) is 0 Å². The van der Waals surface area contributed by atoms with Gasteiger partial charge in [-0.15, -0.1) is 0 Å². The van der Waals surface area contributed by atoms with Gasteiger partial charge in [0.05, 0.1) is 0 Å². The van der Waals surface area contributed by atoms with Gasteiger partial charge < -0.3 is 0 Å². The van der Waals surface area contributed by atoms with Crippen LogP contribution in [0.5, 0.6) is 0 Å². The molecule has 7 heavy (non-hydrogen) atoms. The Labute approximate surface area is 43.8 Å². The van der Waals surface area contributed by atoms with Crippen LogP contribution in [0.15, 0.2) is 12.2 Å². The molecule has 0 bridgehead atoms. The second-order valence-corrected chi connectivity index (χ2v) is 6.07. The molecule has 0 saturated carbocycles. The molecule has 0 amide bonds. The van der Waals surface area contributed by atoms with E-state index in [-0.39, 0.29) is 0 Å². The molecule has 0 spiro atoms. The van der Waals surface area contributed by atoms with Gasteiger partial charge in [0, 0.05) is 0 Å². The van der Waals surface area contributed by atoms with E-state index >= 15 is 0 Å². The molecule has 2 nitrogen and oxygen atoms in total. The van der Waals surface area contributed by atoms with E-state index in [1.165, 1.54) is 0 Å². The van der Waals surface area contributed by atoms with Crippen LogP contribution in [0, 0.1) is 0 Å². The van der Waals surface area contributed by atoms with Gasteiger partial charge in [-0.2, -0.15) is 0 Å². The first-order valence-corrected chi connectivity index (χ1v) is 5.88. The SMILES string of the molecule is O=[Se]1(=O)CC=CC1. The normalized spacial score (nSPS) is 25.7. The Kier molecular flexibility index (Phi) is 1.02. The molecule has 0 aliphatic carbocycles. The zero-order chi connectivity index (χ0) is 5.33. The van der Waals surface area contributed by atoms with Gasteiger partial charge in [-0.1, -0.05) is 0 Å². The third-order valence-corrected chi connectivity index (χ3v) is 3.81. The van der Waals surface area contributed by atoms with Crippen molar-refractivity contribution >= 4 is 12.7 Å². The Bertz CT molecular complexity index is 162. The third kappa shape index (κ3) is 1.11. The molecule has 1 aliphatic rings. The fraction of sp³-hybridized carbons (Fsp3) is 0.500. The predicted molar refractivity (Wildman–Crippen MR) is 25.9 cm³/mol. The van der Waals surface area contributed by atoms with Crippen LogP contribution in [-0.4, -0.2) is 12.7 Å². The van der Waals surface area contributed by atoms with Gasteiger partial charge >= 0.3 is 43.2 Å². The van der Waals surface area contributed by atoms with Gasteiger partial charge in [-0.05, 0) is 0 Å². The molecule has 3 heteroatoms. The molecule has 0 atom stereocenters. The van der Waals surface area contributed by atoms with Crippen molar-refractivity contribution in [1.82, 2.24) is 0 Å². The average molecular weight is 165 g/mol. The third-order valence-electron chi connectivity index (χ3n) is 0.867. The van der Waals surface area contributed by atoms with E-state index in [9.17, 15) is 7.67 Å². The molecule has 0 aromatic heterocycles. The zero-order valence-corrected chi connectivity index (χ0v) is 5.51. The van der Waals surface area contributed by atoms with Crippen molar-refractivity contribution in [1.29, 1.82) is 0 Å². The van der Waals surface area contributed by atoms with Crippen molar-refractivity contribution in [2.24, 2.45) is 0 Å². The molecular formula is C4H6O2Se. The first-order chi connectivity index (χ1) is 3.21. The van der Waals surface area contributed by atoms with E-state index in [1.54, 1.807) is 12.2 Å². The average Bonchev–Trinajstić information content (AvgIpc) is 1.84. The van der Waals surface area contributed by atoms with Gasteiger partial charge in [0.2, 0.25) is 0 Å². The molecule has 1 rings (SSSR count). The van der Waals surface area contributed by atoms with Crippen LogP contribution >= 0.6 is 0 Å². The monoisotopic (exact) mass is 166 g/mol. The summed E-state index contributed by atoms with van der Waals surface area (Å²) in [6, 6.07) is 0. The van der Waals surface area contributed by atoms with Crippen LogP contribution in [0.3, 0.4) is 0 Å². The summed E-state index contributed by atoms with van der Waals surface area (Å²) in [4.78, 5) is 0. The van der Waals surface area contributed by atoms with E-state index in [0.29, 0.717) is 10.6 Å². The first kappa shape index (κ1) is 5.01. The standard InChI is InChI=1S/C4H6O2Se/c5-7(6)3-1-2-4-7/h1-2H,3-4H2. The van der Waals surface area contributed by atoms with E-state index < -0.39 is 12.7 Å². The summed E-state index contributed by atoms with van der Waals surface area (Å²) in [5.74, 6) is 0. The summed E-state index contributed by atoms with van der Waals surface area (Å²) in [5, 5.41) is 0.632. The fourth-order valence-corrected chi connectivity index (χ4v) is 2.58. The summed E-state index contributed by atoms with van der Waals surface area (Å²) >= 11 is -3.31. The van der Waals surface area contributed by atoms with Crippen molar-refractivity contribution in [3.63, 3.8) is 0 Å². The molecule has 0 unspecified atom stereocenters. The Balaban J connectivity index is 2.88. The van der Waals surface area contributed by atoms with Crippen molar-refractivity contribution in [2.45, 2.75) is 10.6 Å². The van der Waals surface area contributed by atoms with Gasteiger partial charge in [0.1, 0.15) is 0 Å². The minimum absolute atomic E-state index is 0.316.